The maximum absolute atomic E-state index is 9.19. The molecule has 0 aromatic carbocycles. The van der Waals surface area contributed by atoms with Gasteiger partial charge in [-0.05, 0) is 36.8 Å². The van der Waals surface area contributed by atoms with Crippen LogP contribution in [0.4, 0.5) is 0 Å². The van der Waals surface area contributed by atoms with Crippen molar-refractivity contribution >= 4 is 11.8 Å². The van der Waals surface area contributed by atoms with E-state index in [1.165, 1.54) is 11.8 Å². The second-order valence-corrected chi connectivity index (χ2v) is 4.68. The summed E-state index contributed by atoms with van der Waals surface area (Å²) in [7, 11) is 0. The third-order valence-corrected chi connectivity index (χ3v) is 3.26. The quantitative estimate of drug-likeness (QED) is 0.774. The summed E-state index contributed by atoms with van der Waals surface area (Å²) in [5, 5.41) is 9.71. The van der Waals surface area contributed by atoms with Gasteiger partial charge in [-0.2, -0.15) is 5.26 Å². The normalized spacial score (nSPS) is 11.8. The lowest BCUT2D eigenvalue weighted by Crippen LogP contribution is -1.95. The largest absolute Gasteiger partial charge is 0.259 e. The summed E-state index contributed by atoms with van der Waals surface area (Å²) in [6, 6.07) is 11.8. The highest BCUT2D eigenvalue weighted by Gasteiger charge is 2.14. The Labute approximate surface area is 105 Å². The molecule has 17 heavy (non-hydrogen) atoms. The van der Waals surface area contributed by atoms with Gasteiger partial charge in [-0.25, -0.2) is 4.98 Å². The van der Waals surface area contributed by atoms with Crippen molar-refractivity contribution in [2.24, 2.45) is 0 Å². The van der Waals surface area contributed by atoms with Gasteiger partial charge in [-0.3, -0.25) is 4.98 Å². The topological polar surface area (TPSA) is 49.6 Å². The van der Waals surface area contributed by atoms with Crippen LogP contribution in [0.15, 0.2) is 47.8 Å². The van der Waals surface area contributed by atoms with Gasteiger partial charge in [-0.1, -0.05) is 17.8 Å². The number of nitriles is 1. The van der Waals surface area contributed by atoms with Gasteiger partial charge >= 0.3 is 0 Å². The molecule has 2 heterocycles. The van der Waals surface area contributed by atoms with E-state index >= 15 is 0 Å². The van der Waals surface area contributed by atoms with E-state index in [0.717, 1.165) is 16.3 Å². The first-order chi connectivity index (χ1) is 8.29. The first-order valence-corrected chi connectivity index (χ1v) is 6.07. The molecule has 0 amide bonds. The van der Waals surface area contributed by atoms with Gasteiger partial charge in [-0.15, -0.1) is 0 Å². The fourth-order valence-corrected chi connectivity index (χ4v) is 2.22. The van der Waals surface area contributed by atoms with Crippen LogP contribution < -0.4 is 0 Å². The van der Waals surface area contributed by atoms with E-state index in [4.69, 9.17) is 0 Å². The highest BCUT2D eigenvalue weighted by Crippen LogP contribution is 2.32. The number of aromatic nitrogens is 2. The van der Waals surface area contributed by atoms with Crippen LogP contribution in [0.1, 0.15) is 16.5 Å². The minimum absolute atomic E-state index is 0.315. The Morgan fingerprint density at radius 2 is 2.12 bits per heavy atom. The third kappa shape index (κ3) is 3.05. The van der Waals surface area contributed by atoms with Crippen LogP contribution in [0.5, 0.6) is 0 Å². The highest BCUT2D eigenvalue weighted by molar-refractivity contribution is 7.99. The standard InChI is InChI=1S/C13H11N3S/c1-10-5-7-15-11(8-10)12(9-14)17-13-4-2-3-6-16-13/h2-8,12H,1H3. The van der Waals surface area contributed by atoms with Gasteiger partial charge in [0.15, 0.2) is 0 Å². The van der Waals surface area contributed by atoms with Crippen molar-refractivity contribution in [1.82, 2.24) is 9.97 Å². The fraction of sp³-hybridized carbons (Fsp3) is 0.154. The first-order valence-electron chi connectivity index (χ1n) is 5.19. The average molecular weight is 241 g/mol. The Morgan fingerprint density at radius 1 is 1.24 bits per heavy atom. The molecule has 84 valence electrons. The van der Waals surface area contributed by atoms with Crippen molar-refractivity contribution in [3.8, 4) is 6.07 Å². The maximum Gasteiger partial charge on any atom is 0.140 e. The van der Waals surface area contributed by atoms with Crippen LogP contribution in [-0.4, -0.2) is 9.97 Å². The molecule has 0 spiro atoms. The molecule has 0 N–H and O–H groups in total. The monoisotopic (exact) mass is 241 g/mol. The van der Waals surface area contributed by atoms with Crippen molar-refractivity contribution in [2.45, 2.75) is 17.2 Å². The molecule has 1 atom stereocenters. The summed E-state index contributed by atoms with van der Waals surface area (Å²) in [5.74, 6) is 0. The van der Waals surface area contributed by atoms with Crippen LogP contribution in [0.25, 0.3) is 0 Å². The molecule has 2 aromatic rings. The van der Waals surface area contributed by atoms with E-state index in [9.17, 15) is 5.26 Å². The number of thioether (sulfide) groups is 1. The number of hydrogen-bond acceptors (Lipinski definition) is 4. The SMILES string of the molecule is Cc1ccnc(C(C#N)Sc2ccccn2)c1. The number of rotatable bonds is 3. The van der Waals surface area contributed by atoms with Crippen molar-refractivity contribution in [3.05, 3.63) is 54.0 Å². The molecule has 0 aliphatic rings. The molecule has 0 saturated heterocycles. The molecule has 0 aliphatic heterocycles. The minimum atomic E-state index is -0.315. The summed E-state index contributed by atoms with van der Waals surface area (Å²) in [6.45, 7) is 1.99. The molecule has 4 heteroatoms. The molecule has 2 aromatic heterocycles. The Bertz CT molecular complexity index is 534. The zero-order valence-corrected chi connectivity index (χ0v) is 10.2. The maximum atomic E-state index is 9.19. The van der Waals surface area contributed by atoms with Gasteiger partial charge in [0.2, 0.25) is 0 Å². The molecule has 0 aliphatic carbocycles. The molecular weight excluding hydrogens is 230 g/mol. The summed E-state index contributed by atoms with van der Waals surface area (Å²) in [5.41, 5.74) is 1.89. The fourth-order valence-electron chi connectivity index (χ4n) is 1.39. The molecular formula is C13H11N3S. The van der Waals surface area contributed by atoms with E-state index < -0.39 is 0 Å². The van der Waals surface area contributed by atoms with Crippen LogP contribution in [0, 0.1) is 18.3 Å². The lowest BCUT2D eigenvalue weighted by molar-refractivity contribution is 1.06. The van der Waals surface area contributed by atoms with Crippen LogP contribution in [0.2, 0.25) is 0 Å². The van der Waals surface area contributed by atoms with E-state index in [0.29, 0.717) is 0 Å². The lowest BCUT2D eigenvalue weighted by Gasteiger charge is -2.07. The molecule has 3 nitrogen and oxygen atoms in total. The van der Waals surface area contributed by atoms with Crippen LogP contribution >= 0.6 is 11.8 Å². The smallest absolute Gasteiger partial charge is 0.140 e. The predicted molar refractivity (Wildman–Crippen MR) is 67.4 cm³/mol. The Hall–Kier alpha value is -1.86. The number of nitrogens with zero attached hydrogens (tertiary/aromatic N) is 3. The summed E-state index contributed by atoms with van der Waals surface area (Å²) < 4.78 is 0. The molecule has 0 radical (unpaired) electrons. The van der Waals surface area contributed by atoms with Crippen molar-refractivity contribution in [2.75, 3.05) is 0 Å². The number of pyridine rings is 2. The summed E-state index contributed by atoms with van der Waals surface area (Å²) >= 11 is 1.42. The van der Waals surface area contributed by atoms with Gasteiger partial charge < -0.3 is 0 Å². The Morgan fingerprint density at radius 3 is 2.76 bits per heavy atom. The molecule has 0 fully saturated rings. The van der Waals surface area contributed by atoms with Crippen molar-refractivity contribution in [1.29, 1.82) is 5.26 Å². The van der Waals surface area contributed by atoms with Gasteiger partial charge in [0, 0.05) is 12.4 Å². The van der Waals surface area contributed by atoms with Crippen molar-refractivity contribution < 1.29 is 0 Å². The van der Waals surface area contributed by atoms with E-state index in [1.807, 2.05) is 37.3 Å². The molecule has 0 bridgehead atoms. The van der Waals surface area contributed by atoms with Gasteiger partial charge in [0.1, 0.15) is 5.25 Å². The van der Waals surface area contributed by atoms with Crippen LogP contribution in [-0.2, 0) is 0 Å². The summed E-state index contributed by atoms with van der Waals surface area (Å²) in [4.78, 5) is 8.43. The zero-order valence-electron chi connectivity index (χ0n) is 9.37. The summed E-state index contributed by atoms with van der Waals surface area (Å²) in [6.07, 6.45) is 3.45. The zero-order chi connectivity index (χ0) is 12.1. The first kappa shape index (κ1) is 11.6. The average Bonchev–Trinajstić information content (AvgIpc) is 2.37. The van der Waals surface area contributed by atoms with Crippen molar-refractivity contribution in [3.63, 3.8) is 0 Å². The van der Waals surface area contributed by atoms with E-state index in [1.54, 1.807) is 12.4 Å². The van der Waals surface area contributed by atoms with E-state index in [2.05, 4.69) is 16.0 Å². The number of aryl methyl sites for hydroxylation is 1. The van der Waals surface area contributed by atoms with Gasteiger partial charge in [0.25, 0.3) is 0 Å². The molecule has 0 saturated carbocycles. The number of hydrogen-bond donors (Lipinski definition) is 0. The molecule has 2 rings (SSSR count). The van der Waals surface area contributed by atoms with E-state index in [-0.39, 0.29) is 5.25 Å². The second kappa shape index (κ2) is 5.46. The third-order valence-electron chi connectivity index (χ3n) is 2.20. The predicted octanol–water partition coefficient (Wildman–Crippen LogP) is 3.14. The minimum Gasteiger partial charge on any atom is -0.259 e. The Kier molecular flexibility index (Phi) is 3.73. The Balaban J connectivity index is 2.21. The van der Waals surface area contributed by atoms with Crippen LogP contribution in [0.3, 0.4) is 0 Å². The lowest BCUT2D eigenvalue weighted by atomic mass is 10.2. The highest BCUT2D eigenvalue weighted by atomic mass is 32.2. The second-order valence-electron chi connectivity index (χ2n) is 3.55. The van der Waals surface area contributed by atoms with Gasteiger partial charge in [0.05, 0.1) is 16.8 Å². The molecule has 1 unspecified atom stereocenters.